The number of non-ortho nitro benzene ring substituents is 1. The molecule has 3 aromatic carbocycles. The average molecular weight is 536 g/mol. The molecule has 0 spiro atoms. The summed E-state index contributed by atoms with van der Waals surface area (Å²) in [5.74, 6) is -1.52. The van der Waals surface area contributed by atoms with E-state index in [0.29, 0.717) is 29.0 Å². The molecule has 1 saturated heterocycles. The van der Waals surface area contributed by atoms with Gasteiger partial charge in [0.1, 0.15) is 18.1 Å². The van der Waals surface area contributed by atoms with Crippen LogP contribution in [0.3, 0.4) is 0 Å². The Labute approximate surface area is 230 Å². The van der Waals surface area contributed by atoms with E-state index in [-0.39, 0.29) is 23.6 Å². The molecule has 1 atom stereocenters. The van der Waals surface area contributed by atoms with Crippen molar-refractivity contribution in [1.29, 1.82) is 0 Å². The number of nitrogens with zero attached hydrogens (tertiary/aromatic N) is 3. The number of aryl methyl sites for hydroxylation is 1. The first kappa shape index (κ1) is 26.3. The Hall–Kier alpha value is -5.31. The van der Waals surface area contributed by atoms with E-state index in [1.54, 1.807) is 54.9 Å². The fourth-order valence-corrected chi connectivity index (χ4v) is 4.72. The number of aliphatic hydroxyl groups excluding tert-OH is 1. The number of hydrogen-bond donors (Lipinski definition) is 1. The molecule has 0 radical (unpaired) electrons. The molecule has 0 saturated carbocycles. The Morgan fingerprint density at radius 2 is 1.75 bits per heavy atom. The first-order valence-electron chi connectivity index (χ1n) is 12.5. The van der Waals surface area contributed by atoms with Crippen LogP contribution in [0.15, 0.2) is 103 Å². The van der Waals surface area contributed by atoms with Crippen LogP contribution >= 0.6 is 0 Å². The summed E-state index contributed by atoms with van der Waals surface area (Å²) >= 11 is 0. The molecular weight excluding hydrogens is 510 g/mol. The molecule has 40 heavy (non-hydrogen) atoms. The van der Waals surface area contributed by atoms with Crippen molar-refractivity contribution in [3.05, 3.63) is 141 Å². The SMILES string of the molecule is Cc1cccc(COc2ccc(/C(O)=C3\C(=O)C(=O)N(Cc4cccnc4)C3c3cccc([N+](=O)[O-])c3)cc2)c1. The van der Waals surface area contributed by atoms with E-state index in [1.165, 1.54) is 23.1 Å². The number of benzene rings is 3. The minimum atomic E-state index is -1.04. The number of hydrogen-bond acceptors (Lipinski definition) is 7. The van der Waals surface area contributed by atoms with Crippen molar-refractivity contribution >= 4 is 23.1 Å². The van der Waals surface area contributed by atoms with Crippen LogP contribution in [0.25, 0.3) is 5.76 Å². The van der Waals surface area contributed by atoms with Crippen molar-refractivity contribution in [2.24, 2.45) is 0 Å². The van der Waals surface area contributed by atoms with E-state index >= 15 is 0 Å². The predicted molar refractivity (Wildman–Crippen MR) is 147 cm³/mol. The van der Waals surface area contributed by atoms with Crippen molar-refractivity contribution in [3.63, 3.8) is 0 Å². The smallest absolute Gasteiger partial charge is 0.295 e. The Bertz CT molecular complexity index is 1620. The van der Waals surface area contributed by atoms with Crippen LogP contribution in [-0.2, 0) is 22.7 Å². The molecule has 9 nitrogen and oxygen atoms in total. The van der Waals surface area contributed by atoms with Crippen LogP contribution in [0, 0.1) is 17.0 Å². The maximum Gasteiger partial charge on any atom is 0.295 e. The number of amides is 1. The maximum absolute atomic E-state index is 13.3. The molecule has 0 bridgehead atoms. The van der Waals surface area contributed by atoms with Crippen LogP contribution in [0.5, 0.6) is 5.75 Å². The van der Waals surface area contributed by atoms with Gasteiger partial charge in [-0.15, -0.1) is 0 Å². The van der Waals surface area contributed by atoms with E-state index < -0.39 is 22.7 Å². The molecule has 1 amide bonds. The standard InChI is InChI=1S/C31H25N3O6/c1-20-5-2-6-21(15-20)19-40-26-12-10-23(11-13-26)29(35)27-28(24-8-3-9-25(16-24)34(38)39)33(31(37)30(27)36)18-22-7-4-14-32-17-22/h2-17,28,35H,18-19H2,1H3/b29-27+. The normalized spacial score (nSPS) is 16.2. The number of ether oxygens (including phenoxy) is 1. The van der Waals surface area contributed by atoms with Gasteiger partial charge in [0.2, 0.25) is 0 Å². The first-order valence-corrected chi connectivity index (χ1v) is 12.5. The summed E-state index contributed by atoms with van der Waals surface area (Å²) in [5, 5.41) is 22.8. The van der Waals surface area contributed by atoms with Crippen LogP contribution < -0.4 is 4.74 Å². The van der Waals surface area contributed by atoms with Gasteiger partial charge in [-0.1, -0.05) is 48.0 Å². The van der Waals surface area contributed by atoms with Gasteiger partial charge in [0.05, 0.1) is 16.5 Å². The van der Waals surface area contributed by atoms with E-state index in [4.69, 9.17) is 4.74 Å². The van der Waals surface area contributed by atoms with Crippen molar-refractivity contribution in [3.8, 4) is 5.75 Å². The minimum Gasteiger partial charge on any atom is -0.507 e. The molecule has 1 fully saturated rings. The number of likely N-dealkylation sites (tertiary alicyclic amines) is 1. The Morgan fingerprint density at radius 3 is 2.45 bits per heavy atom. The predicted octanol–water partition coefficient (Wildman–Crippen LogP) is 5.50. The van der Waals surface area contributed by atoms with Gasteiger partial charge >= 0.3 is 0 Å². The highest BCUT2D eigenvalue weighted by Gasteiger charge is 2.46. The van der Waals surface area contributed by atoms with Gasteiger partial charge in [-0.2, -0.15) is 0 Å². The second-order valence-corrected chi connectivity index (χ2v) is 9.44. The van der Waals surface area contributed by atoms with Crippen LogP contribution in [0.4, 0.5) is 5.69 Å². The van der Waals surface area contributed by atoms with Crippen LogP contribution in [0.2, 0.25) is 0 Å². The van der Waals surface area contributed by atoms with Crippen molar-refractivity contribution in [2.75, 3.05) is 0 Å². The van der Waals surface area contributed by atoms with Gasteiger partial charge in [-0.25, -0.2) is 0 Å². The molecular formula is C31H25N3O6. The number of nitro benzene ring substituents is 1. The van der Waals surface area contributed by atoms with Gasteiger partial charge in [0, 0.05) is 36.6 Å². The zero-order valence-corrected chi connectivity index (χ0v) is 21.6. The summed E-state index contributed by atoms with van der Waals surface area (Å²) in [4.78, 5) is 42.8. The molecule has 1 unspecified atom stereocenters. The third kappa shape index (κ3) is 5.44. The summed E-state index contributed by atoms with van der Waals surface area (Å²) in [5.41, 5.74) is 3.09. The second-order valence-electron chi connectivity index (χ2n) is 9.44. The molecule has 1 aliphatic rings. The largest absolute Gasteiger partial charge is 0.507 e. The van der Waals surface area contributed by atoms with Crippen LogP contribution in [-0.4, -0.2) is 31.6 Å². The van der Waals surface area contributed by atoms with Crippen LogP contribution in [0.1, 0.15) is 33.9 Å². The lowest BCUT2D eigenvalue weighted by molar-refractivity contribution is -0.384. The highest BCUT2D eigenvalue weighted by atomic mass is 16.6. The number of nitro groups is 1. The van der Waals surface area contributed by atoms with E-state index in [9.17, 15) is 24.8 Å². The molecule has 200 valence electrons. The van der Waals surface area contributed by atoms with Gasteiger partial charge < -0.3 is 14.7 Å². The third-order valence-corrected chi connectivity index (χ3v) is 6.63. The summed E-state index contributed by atoms with van der Waals surface area (Å²) in [6.07, 6.45) is 3.16. The van der Waals surface area contributed by atoms with E-state index in [0.717, 1.165) is 11.1 Å². The van der Waals surface area contributed by atoms with Gasteiger partial charge in [-0.3, -0.25) is 24.7 Å². The molecule has 4 aromatic rings. The Balaban J connectivity index is 1.50. The highest BCUT2D eigenvalue weighted by molar-refractivity contribution is 6.46. The zero-order valence-electron chi connectivity index (χ0n) is 21.6. The Morgan fingerprint density at radius 1 is 1.00 bits per heavy atom. The molecule has 2 heterocycles. The minimum absolute atomic E-state index is 0.0221. The lowest BCUT2D eigenvalue weighted by atomic mass is 9.95. The lowest BCUT2D eigenvalue weighted by Gasteiger charge is -2.25. The quantitative estimate of drug-likeness (QED) is 0.104. The van der Waals surface area contributed by atoms with E-state index in [1.807, 2.05) is 31.2 Å². The van der Waals surface area contributed by atoms with E-state index in [2.05, 4.69) is 4.98 Å². The van der Waals surface area contributed by atoms with Crippen molar-refractivity contribution in [1.82, 2.24) is 9.88 Å². The summed E-state index contributed by atoms with van der Waals surface area (Å²) in [7, 11) is 0. The third-order valence-electron chi connectivity index (χ3n) is 6.63. The van der Waals surface area contributed by atoms with Gasteiger partial charge in [-0.05, 0) is 53.9 Å². The molecule has 1 N–H and O–H groups in total. The van der Waals surface area contributed by atoms with Crippen molar-refractivity contribution < 1.29 is 24.4 Å². The molecule has 1 aliphatic heterocycles. The lowest BCUT2D eigenvalue weighted by Crippen LogP contribution is -2.29. The summed E-state index contributed by atoms with van der Waals surface area (Å²) in [6, 6.07) is 22.6. The number of rotatable bonds is 8. The fraction of sp³-hybridized carbons (Fsp3) is 0.129. The first-order chi connectivity index (χ1) is 19.3. The number of pyridine rings is 1. The fourth-order valence-electron chi connectivity index (χ4n) is 4.72. The molecule has 0 aliphatic carbocycles. The van der Waals surface area contributed by atoms with Gasteiger partial charge in [0.25, 0.3) is 17.4 Å². The zero-order chi connectivity index (χ0) is 28.2. The number of aliphatic hydroxyl groups is 1. The molecule has 1 aromatic heterocycles. The molecule has 9 heteroatoms. The number of carbonyl (C=O) groups excluding carboxylic acids is 2. The molecule has 5 rings (SSSR count). The topological polar surface area (TPSA) is 123 Å². The number of Topliss-reactive ketones (excluding diaryl/α,β-unsaturated/α-hetero) is 1. The average Bonchev–Trinajstić information content (AvgIpc) is 3.21. The van der Waals surface area contributed by atoms with Gasteiger partial charge in [0.15, 0.2) is 0 Å². The summed E-state index contributed by atoms with van der Waals surface area (Å²) < 4.78 is 5.86. The maximum atomic E-state index is 13.3. The number of aromatic nitrogens is 1. The summed E-state index contributed by atoms with van der Waals surface area (Å²) in [6.45, 7) is 2.38. The number of carbonyl (C=O) groups is 2. The van der Waals surface area contributed by atoms with Crippen molar-refractivity contribution in [2.45, 2.75) is 26.1 Å². The Kier molecular flexibility index (Phi) is 7.37. The monoisotopic (exact) mass is 535 g/mol. The highest BCUT2D eigenvalue weighted by Crippen LogP contribution is 2.41. The number of ketones is 1. The second kappa shape index (κ2) is 11.2.